The molecule has 2 aromatic rings. The van der Waals surface area contributed by atoms with E-state index in [1.165, 1.54) is 12.5 Å². The summed E-state index contributed by atoms with van der Waals surface area (Å²) in [5, 5.41) is 2.54. The third-order valence-electron chi connectivity index (χ3n) is 2.54. The Hall–Kier alpha value is -1.84. The van der Waals surface area contributed by atoms with E-state index < -0.39 is 0 Å². The lowest BCUT2D eigenvalue weighted by Crippen LogP contribution is -2.10. The quantitative estimate of drug-likeness (QED) is 0.822. The van der Waals surface area contributed by atoms with Crippen LogP contribution in [0.3, 0.4) is 0 Å². The predicted octanol–water partition coefficient (Wildman–Crippen LogP) is 3.08. The number of nitrogens with one attached hydrogen (secondary N) is 1. The maximum absolute atomic E-state index is 10.9. The molecule has 0 unspecified atom stereocenters. The van der Waals surface area contributed by atoms with E-state index in [9.17, 15) is 4.79 Å². The minimum atomic E-state index is -0.187. The molecule has 1 aromatic carbocycles. The van der Waals surface area contributed by atoms with Crippen LogP contribution in [0.5, 0.6) is 0 Å². The van der Waals surface area contributed by atoms with Gasteiger partial charge in [-0.05, 0) is 23.1 Å². The van der Waals surface area contributed by atoms with Gasteiger partial charge in [-0.15, -0.1) is 0 Å². The zero-order chi connectivity index (χ0) is 12.6. The lowest BCUT2D eigenvalue weighted by atomic mass is 9.87. The average molecular weight is 232 g/mol. The number of benzene rings is 1. The number of aromatic nitrogens is 1. The Kier molecular flexibility index (Phi) is 2.65. The summed E-state index contributed by atoms with van der Waals surface area (Å²) >= 11 is 0. The van der Waals surface area contributed by atoms with Gasteiger partial charge in [0.05, 0.1) is 0 Å². The van der Waals surface area contributed by atoms with Gasteiger partial charge in [0.1, 0.15) is 5.52 Å². The Bertz CT molecular complexity index is 564. The van der Waals surface area contributed by atoms with Gasteiger partial charge in [-0.25, -0.2) is 0 Å². The fourth-order valence-electron chi connectivity index (χ4n) is 1.60. The standard InChI is InChI=1S/C13H16N2O2/c1-8(16)14-12-15-10-6-5-9(13(2,3)4)7-11(10)17-12/h5-7H,1-4H3,(H,14,15,16). The zero-order valence-electron chi connectivity index (χ0n) is 10.5. The van der Waals surface area contributed by atoms with Crippen LogP contribution in [0.2, 0.25) is 0 Å². The molecule has 0 spiro atoms. The van der Waals surface area contributed by atoms with E-state index in [0.717, 1.165) is 5.52 Å². The molecule has 1 aromatic heterocycles. The largest absolute Gasteiger partial charge is 0.423 e. The van der Waals surface area contributed by atoms with E-state index in [1.807, 2.05) is 18.2 Å². The van der Waals surface area contributed by atoms with Crippen LogP contribution in [0.4, 0.5) is 6.01 Å². The minimum absolute atomic E-state index is 0.0646. The summed E-state index contributed by atoms with van der Waals surface area (Å²) in [7, 11) is 0. The molecule has 4 nitrogen and oxygen atoms in total. The second-order valence-corrected chi connectivity index (χ2v) is 5.13. The highest BCUT2D eigenvalue weighted by Crippen LogP contribution is 2.27. The van der Waals surface area contributed by atoms with Gasteiger partial charge in [0.25, 0.3) is 0 Å². The number of carbonyl (C=O) groups excluding carboxylic acids is 1. The van der Waals surface area contributed by atoms with Gasteiger partial charge in [-0.2, -0.15) is 4.98 Å². The van der Waals surface area contributed by atoms with E-state index >= 15 is 0 Å². The number of fused-ring (bicyclic) bond motifs is 1. The van der Waals surface area contributed by atoms with Gasteiger partial charge in [0, 0.05) is 6.92 Å². The first-order chi connectivity index (χ1) is 7.86. The van der Waals surface area contributed by atoms with Crippen molar-refractivity contribution in [2.45, 2.75) is 33.1 Å². The Morgan fingerprint density at radius 1 is 1.35 bits per heavy atom. The highest BCUT2D eigenvalue weighted by Gasteiger charge is 2.15. The molecule has 0 atom stereocenters. The lowest BCUT2D eigenvalue weighted by molar-refractivity contribution is -0.114. The number of nitrogens with zero attached hydrogens (tertiary/aromatic N) is 1. The van der Waals surface area contributed by atoms with E-state index in [2.05, 4.69) is 31.1 Å². The molecule has 90 valence electrons. The third-order valence-corrected chi connectivity index (χ3v) is 2.54. The minimum Gasteiger partial charge on any atom is -0.423 e. The van der Waals surface area contributed by atoms with Crippen molar-refractivity contribution in [3.05, 3.63) is 23.8 Å². The summed E-state index contributed by atoms with van der Waals surface area (Å²) in [6.07, 6.45) is 0. The van der Waals surface area contributed by atoms with Crippen molar-refractivity contribution < 1.29 is 9.21 Å². The molecule has 0 saturated heterocycles. The van der Waals surface area contributed by atoms with Crippen LogP contribution in [0, 0.1) is 0 Å². The Morgan fingerprint density at radius 2 is 2.06 bits per heavy atom. The topological polar surface area (TPSA) is 55.1 Å². The molecule has 1 N–H and O–H groups in total. The molecule has 0 aliphatic carbocycles. The van der Waals surface area contributed by atoms with Crippen LogP contribution in [0.1, 0.15) is 33.3 Å². The second kappa shape index (κ2) is 3.87. The fourth-order valence-corrected chi connectivity index (χ4v) is 1.60. The van der Waals surface area contributed by atoms with E-state index in [4.69, 9.17) is 4.42 Å². The van der Waals surface area contributed by atoms with Crippen molar-refractivity contribution in [2.24, 2.45) is 0 Å². The molecular weight excluding hydrogens is 216 g/mol. The molecule has 0 radical (unpaired) electrons. The lowest BCUT2D eigenvalue weighted by Gasteiger charge is -2.18. The number of oxazole rings is 1. The molecule has 0 bridgehead atoms. The molecule has 2 rings (SSSR count). The van der Waals surface area contributed by atoms with Crippen LogP contribution >= 0.6 is 0 Å². The number of carbonyl (C=O) groups is 1. The average Bonchev–Trinajstić information content (AvgIpc) is 2.55. The SMILES string of the molecule is CC(=O)Nc1nc2ccc(C(C)(C)C)cc2o1. The van der Waals surface area contributed by atoms with Crippen LogP contribution in [0.15, 0.2) is 22.6 Å². The molecular formula is C13H16N2O2. The smallest absolute Gasteiger partial charge is 0.302 e. The molecule has 4 heteroatoms. The normalized spacial score (nSPS) is 11.8. The van der Waals surface area contributed by atoms with Gasteiger partial charge < -0.3 is 4.42 Å². The van der Waals surface area contributed by atoms with Crippen LogP contribution in [-0.2, 0) is 10.2 Å². The second-order valence-electron chi connectivity index (χ2n) is 5.13. The Labute approximate surface area is 100 Å². The fraction of sp³-hybridized carbons (Fsp3) is 0.385. The molecule has 1 heterocycles. The molecule has 17 heavy (non-hydrogen) atoms. The number of amides is 1. The Balaban J connectivity index is 2.44. The molecule has 1 amide bonds. The maximum atomic E-state index is 10.9. The predicted molar refractivity (Wildman–Crippen MR) is 67.0 cm³/mol. The van der Waals surface area contributed by atoms with Crippen molar-refractivity contribution >= 4 is 23.0 Å². The van der Waals surface area contributed by atoms with Crippen molar-refractivity contribution in [1.82, 2.24) is 4.98 Å². The number of hydrogen-bond donors (Lipinski definition) is 1. The highest BCUT2D eigenvalue weighted by molar-refractivity contribution is 5.88. The van der Waals surface area contributed by atoms with Crippen LogP contribution in [0.25, 0.3) is 11.1 Å². The summed E-state index contributed by atoms with van der Waals surface area (Å²) in [4.78, 5) is 15.1. The van der Waals surface area contributed by atoms with Gasteiger partial charge in [-0.3, -0.25) is 10.1 Å². The molecule has 0 fully saturated rings. The Morgan fingerprint density at radius 3 is 2.65 bits per heavy atom. The van der Waals surface area contributed by atoms with E-state index in [1.54, 1.807) is 0 Å². The summed E-state index contributed by atoms with van der Waals surface area (Å²) in [6.45, 7) is 7.84. The van der Waals surface area contributed by atoms with Crippen molar-refractivity contribution in [1.29, 1.82) is 0 Å². The van der Waals surface area contributed by atoms with Crippen molar-refractivity contribution in [3.63, 3.8) is 0 Å². The monoisotopic (exact) mass is 232 g/mol. The van der Waals surface area contributed by atoms with Crippen LogP contribution in [-0.4, -0.2) is 10.9 Å². The maximum Gasteiger partial charge on any atom is 0.302 e. The number of anilines is 1. The first-order valence-electron chi connectivity index (χ1n) is 5.55. The van der Waals surface area contributed by atoms with E-state index in [-0.39, 0.29) is 17.3 Å². The summed E-state index contributed by atoms with van der Waals surface area (Å²) < 4.78 is 5.47. The van der Waals surface area contributed by atoms with Gasteiger partial charge in [0.2, 0.25) is 5.91 Å². The van der Waals surface area contributed by atoms with E-state index in [0.29, 0.717) is 5.58 Å². The molecule has 0 aliphatic rings. The highest BCUT2D eigenvalue weighted by atomic mass is 16.4. The first-order valence-corrected chi connectivity index (χ1v) is 5.55. The summed E-state index contributed by atoms with van der Waals surface area (Å²) in [6, 6.07) is 6.15. The third kappa shape index (κ3) is 2.46. The zero-order valence-corrected chi connectivity index (χ0v) is 10.5. The number of rotatable bonds is 1. The molecule has 0 aliphatic heterocycles. The number of hydrogen-bond acceptors (Lipinski definition) is 3. The summed E-state index contributed by atoms with van der Waals surface area (Å²) in [5.74, 6) is -0.187. The van der Waals surface area contributed by atoms with Gasteiger partial charge in [-0.1, -0.05) is 26.8 Å². The summed E-state index contributed by atoms with van der Waals surface area (Å²) in [5.41, 5.74) is 2.69. The van der Waals surface area contributed by atoms with Gasteiger partial charge >= 0.3 is 6.01 Å². The van der Waals surface area contributed by atoms with Gasteiger partial charge in [0.15, 0.2) is 5.58 Å². The molecule has 0 saturated carbocycles. The van der Waals surface area contributed by atoms with Crippen molar-refractivity contribution in [3.8, 4) is 0 Å². The van der Waals surface area contributed by atoms with Crippen molar-refractivity contribution in [2.75, 3.05) is 5.32 Å². The first kappa shape index (κ1) is 11.6. The van der Waals surface area contributed by atoms with Crippen LogP contribution < -0.4 is 5.32 Å².